The van der Waals surface area contributed by atoms with Gasteiger partial charge in [0.25, 0.3) is 0 Å². The number of nitriles is 1. The smallest absolute Gasteiger partial charge is 0.171 e. The lowest BCUT2D eigenvalue weighted by Gasteiger charge is -2.35. The van der Waals surface area contributed by atoms with E-state index >= 15 is 0 Å². The molecule has 2 aromatic rings. The third kappa shape index (κ3) is 3.17. The number of hydrogen-bond acceptors (Lipinski definition) is 6. The summed E-state index contributed by atoms with van der Waals surface area (Å²) >= 11 is 0. The van der Waals surface area contributed by atoms with Crippen molar-refractivity contribution < 1.29 is 4.74 Å². The molecule has 1 unspecified atom stereocenters. The van der Waals surface area contributed by atoms with Gasteiger partial charge in [-0.25, -0.2) is 0 Å². The summed E-state index contributed by atoms with van der Waals surface area (Å²) in [6.07, 6.45) is 0. The molecule has 6 heteroatoms. The molecule has 1 aliphatic heterocycles. The van der Waals surface area contributed by atoms with Gasteiger partial charge >= 0.3 is 0 Å². The van der Waals surface area contributed by atoms with Gasteiger partial charge < -0.3 is 15.0 Å². The van der Waals surface area contributed by atoms with Crippen LogP contribution in [0.4, 0.5) is 17.2 Å². The Hall–Kier alpha value is -2.65. The molecule has 1 aromatic heterocycles. The Morgan fingerprint density at radius 1 is 1.25 bits per heavy atom. The van der Waals surface area contributed by atoms with E-state index in [1.807, 2.05) is 26.0 Å². The number of nitrogens with one attached hydrogen (secondary N) is 1. The average molecular weight is 323 g/mol. The third-order valence-electron chi connectivity index (χ3n) is 4.40. The molecular weight excluding hydrogens is 302 g/mol. The highest BCUT2D eigenvalue weighted by Gasteiger charge is 2.19. The minimum Gasteiger partial charge on any atom is -0.377 e. The number of morpholine rings is 1. The van der Waals surface area contributed by atoms with Crippen LogP contribution in [-0.4, -0.2) is 36.0 Å². The summed E-state index contributed by atoms with van der Waals surface area (Å²) in [6.45, 7) is 8.31. The van der Waals surface area contributed by atoms with E-state index in [-0.39, 0.29) is 0 Å². The van der Waals surface area contributed by atoms with E-state index in [0.717, 1.165) is 36.7 Å². The molecule has 0 radical (unpaired) electrons. The molecule has 1 fully saturated rings. The normalized spacial score (nSPS) is 17.4. The Bertz CT molecular complexity index is 766. The zero-order chi connectivity index (χ0) is 17.1. The Morgan fingerprint density at radius 3 is 2.67 bits per heavy atom. The van der Waals surface area contributed by atoms with Crippen molar-refractivity contribution >= 4 is 17.2 Å². The van der Waals surface area contributed by atoms with Crippen molar-refractivity contribution in [3.8, 4) is 6.07 Å². The number of rotatable bonds is 3. The molecule has 0 spiro atoms. The van der Waals surface area contributed by atoms with Gasteiger partial charge in [-0.05, 0) is 50.6 Å². The molecule has 0 aliphatic carbocycles. The largest absolute Gasteiger partial charge is 0.377 e. The van der Waals surface area contributed by atoms with Crippen LogP contribution in [0.1, 0.15) is 23.7 Å². The highest BCUT2D eigenvalue weighted by Crippen LogP contribution is 2.25. The molecule has 3 rings (SSSR count). The maximum atomic E-state index is 9.37. The number of ether oxygens (including phenoxy) is 1. The van der Waals surface area contributed by atoms with E-state index in [0.29, 0.717) is 17.4 Å². The van der Waals surface area contributed by atoms with E-state index < -0.39 is 0 Å². The van der Waals surface area contributed by atoms with Gasteiger partial charge in [0.15, 0.2) is 5.82 Å². The van der Waals surface area contributed by atoms with Crippen molar-refractivity contribution in [2.24, 2.45) is 0 Å². The summed E-state index contributed by atoms with van der Waals surface area (Å²) in [4.78, 5) is 2.34. The molecule has 24 heavy (non-hydrogen) atoms. The maximum absolute atomic E-state index is 9.37. The number of nitrogens with zero attached hydrogens (tertiary/aromatic N) is 4. The fourth-order valence-corrected chi connectivity index (χ4v) is 2.82. The number of aryl methyl sites for hydroxylation is 1. The van der Waals surface area contributed by atoms with Gasteiger partial charge in [-0.1, -0.05) is 0 Å². The van der Waals surface area contributed by atoms with Crippen molar-refractivity contribution in [1.29, 1.82) is 5.26 Å². The minimum atomic E-state index is 0.369. The summed E-state index contributed by atoms with van der Waals surface area (Å²) in [5, 5.41) is 20.8. The minimum absolute atomic E-state index is 0.369. The summed E-state index contributed by atoms with van der Waals surface area (Å²) in [5.74, 6) is 0.494. The fraction of sp³-hybridized carbons (Fsp3) is 0.389. The first kappa shape index (κ1) is 16.2. The fourth-order valence-electron chi connectivity index (χ4n) is 2.82. The van der Waals surface area contributed by atoms with Gasteiger partial charge in [0.05, 0.1) is 18.9 Å². The molecule has 1 atom stereocenters. The monoisotopic (exact) mass is 323 g/mol. The molecule has 0 amide bonds. The average Bonchev–Trinajstić information content (AvgIpc) is 2.60. The van der Waals surface area contributed by atoms with Crippen molar-refractivity contribution in [3.05, 3.63) is 41.1 Å². The van der Waals surface area contributed by atoms with Crippen LogP contribution in [0.5, 0.6) is 0 Å². The zero-order valence-electron chi connectivity index (χ0n) is 14.2. The third-order valence-corrected chi connectivity index (χ3v) is 4.40. The van der Waals surface area contributed by atoms with Crippen LogP contribution in [0.15, 0.2) is 24.3 Å². The first-order valence-corrected chi connectivity index (χ1v) is 8.05. The summed E-state index contributed by atoms with van der Waals surface area (Å²) in [6, 6.07) is 10.7. The van der Waals surface area contributed by atoms with Gasteiger partial charge in [-0.15, -0.1) is 5.10 Å². The SMILES string of the molecule is Cc1nnc(Nc2ccc(N3CCOCC3C)cc2)c(C#N)c1C. The Balaban J connectivity index is 1.80. The van der Waals surface area contributed by atoms with E-state index in [1.165, 1.54) is 5.69 Å². The van der Waals surface area contributed by atoms with E-state index in [9.17, 15) is 5.26 Å². The molecule has 2 heterocycles. The second-order valence-electron chi connectivity index (χ2n) is 6.04. The lowest BCUT2D eigenvalue weighted by molar-refractivity contribution is 0.0989. The second-order valence-corrected chi connectivity index (χ2v) is 6.04. The molecule has 1 N–H and O–H groups in total. The number of aromatic nitrogens is 2. The molecule has 0 saturated carbocycles. The number of anilines is 3. The maximum Gasteiger partial charge on any atom is 0.171 e. The quantitative estimate of drug-likeness (QED) is 0.936. The van der Waals surface area contributed by atoms with Gasteiger partial charge in [0.2, 0.25) is 0 Å². The molecule has 0 bridgehead atoms. The van der Waals surface area contributed by atoms with Crippen LogP contribution in [0.3, 0.4) is 0 Å². The Morgan fingerprint density at radius 2 is 2.00 bits per heavy atom. The van der Waals surface area contributed by atoms with Crippen LogP contribution >= 0.6 is 0 Å². The first-order chi connectivity index (χ1) is 11.6. The van der Waals surface area contributed by atoms with Crippen LogP contribution in [0.2, 0.25) is 0 Å². The van der Waals surface area contributed by atoms with Gasteiger partial charge in [-0.3, -0.25) is 0 Å². The van der Waals surface area contributed by atoms with Crippen molar-refractivity contribution in [3.63, 3.8) is 0 Å². The molecule has 124 valence electrons. The van der Waals surface area contributed by atoms with Crippen molar-refractivity contribution in [2.75, 3.05) is 30.0 Å². The van der Waals surface area contributed by atoms with Crippen molar-refractivity contribution in [2.45, 2.75) is 26.8 Å². The second kappa shape index (κ2) is 6.85. The van der Waals surface area contributed by atoms with Crippen molar-refractivity contribution in [1.82, 2.24) is 10.2 Å². The standard InChI is InChI=1S/C18H21N5O/c1-12-11-24-9-8-23(12)16-6-4-15(5-7-16)20-18-17(10-19)13(2)14(3)21-22-18/h4-7,12H,8-9,11H2,1-3H3,(H,20,22). The lowest BCUT2D eigenvalue weighted by atomic mass is 10.1. The van der Waals surface area contributed by atoms with E-state index in [4.69, 9.17) is 4.74 Å². The zero-order valence-corrected chi connectivity index (χ0v) is 14.2. The van der Waals surface area contributed by atoms with E-state index in [2.05, 4.69) is 45.5 Å². The van der Waals surface area contributed by atoms with Gasteiger partial charge in [0.1, 0.15) is 11.6 Å². The van der Waals surface area contributed by atoms with Gasteiger partial charge in [-0.2, -0.15) is 10.4 Å². The van der Waals surface area contributed by atoms with Gasteiger partial charge in [0, 0.05) is 24.0 Å². The highest BCUT2D eigenvalue weighted by atomic mass is 16.5. The number of hydrogen-bond donors (Lipinski definition) is 1. The highest BCUT2D eigenvalue weighted by molar-refractivity contribution is 5.66. The summed E-state index contributed by atoms with van der Waals surface area (Å²) in [7, 11) is 0. The Labute approximate surface area is 142 Å². The first-order valence-electron chi connectivity index (χ1n) is 8.05. The van der Waals surface area contributed by atoms with Crippen LogP contribution in [-0.2, 0) is 4.74 Å². The molecule has 1 aliphatic rings. The molecule has 6 nitrogen and oxygen atoms in total. The predicted octanol–water partition coefficient (Wildman–Crippen LogP) is 2.93. The molecular formula is C18H21N5O. The van der Waals surface area contributed by atoms with Crippen LogP contribution in [0, 0.1) is 25.2 Å². The predicted molar refractivity (Wildman–Crippen MR) is 93.6 cm³/mol. The lowest BCUT2D eigenvalue weighted by Crippen LogP contribution is -2.43. The summed E-state index contributed by atoms with van der Waals surface area (Å²) in [5.41, 5.74) is 4.22. The Kier molecular flexibility index (Phi) is 4.63. The molecule has 1 saturated heterocycles. The summed E-state index contributed by atoms with van der Waals surface area (Å²) < 4.78 is 5.48. The van der Waals surface area contributed by atoms with E-state index in [1.54, 1.807) is 0 Å². The van der Waals surface area contributed by atoms with Crippen LogP contribution < -0.4 is 10.2 Å². The van der Waals surface area contributed by atoms with Crippen LogP contribution in [0.25, 0.3) is 0 Å². The molecule has 1 aromatic carbocycles. The topological polar surface area (TPSA) is 74.1 Å². The number of benzene rings is 1.